The van der Waals surface area contributed by atoms with Crippen LogP contribution in [0.4, 0.5) is 0 Å². The van der Waals surface area contributed by atoms with E-state index in [9.17, 15) is 4.79 Å². The van der Waals surface area contributed by atoms with Gasteiger partial charge in [0, 0.05) is 13.1 Å². The van der Waals surface area contributed by atoms with Gasteiger partial charge in [-0.05, 0) is 58.0 Å². The Kier molecular flexibility index (Phi) is 5.62. The van der Waals surface area contributed by atoms with Crippen LogP contribution in [0.2, 0.25) is 0 Å². The average molecular weight is 290 g/mol. The Morgan fingerprint density at radius 1 is 1.48 bits per heavy atom. The Hall–Kier alpha value is -1.55. The fourth-order valence-electron chi connectivity index (χ4n) is 2.71. The second-order valence-electron chi connectivity index (χ2n) is 6.13. The zero-order valence-electron chi connectivity index (χ0n) is 13.3. The second kappa shape index (κ2) is 7.46. The molecule has 1 heterocycles. The highest BCUT2D eigenvalue weighted by molar-refractivity contribution is 5.78. The molecule has 1 atom stereocenters. The van der Waals surface area contributed by atoms with Gasteiger partial charge < -0.3 is 15.0 Å². The van der Waals surface area contributed by atoms with Gasteiger partial charge in [-0.2, -0.15) is 0 Å². The SMILES string of the molecule is CC(C)Oc1cccc(CNC(=O)[C@H]2CCCN(C)C2)c1. The van der Waals surface area contributed by atoms with Gasteiger partial charge in [-0.15, -0.1) is 0 Å². The third-order valence-electron chi connectivity index (χ3n) is 3.73. The standard InChI is InChI=1S/C17H26N2O2/c1-13(2)21-16-8-4-6-14(10-16)11-18-17(20)15-7-5-9-19(3)12-15/h4,6,8,10,13,15H,5,7,9,11-12H2,1-3H3,(H,18,20)/t15-/m0/s1. The number of benzene rings is 1. The van der Waals surface area contributed by atoms with Crippen molar-refractivity contribution in [2.24, 2.45) is 5.92 Å². The summed E-state index contributed by atoms with van der Waals surface area (Å²) in [6, 6.07) is 7.92. The first kappa shape index (κ1) is 15.8. The van der Waals surface area contributed by atoms with Gasteiger partial charge in [-0.25, -0.2) is 0 Å². The van der Waals surface area contributed by atoms with Gasteiger partial charge in [0.05, 0.1) is 12.0 Å². The monoisotopic (exact) mass is 290 g/mol. The van der Waals surface area contributed by atoms with E-state index in [0.29, 0.717) is 6.54 Å². The van der Waals surface area contributed by atoms with E-state index in [2.05, 4.69) is 17.3 Å². The lowest BCUT2D eigenvalue weighted by Gasteiger charge is -2.28. The molecule has 1 amide bonds. The second-order valence-corrected chi connectivity index (χ2v) is 6.13. The van der Waals surface area contributed by atoms with Crippen LogP contribution < -0.4 is 10.1 Å². The molecular formula is C17H26N2O2. The van der Waals surface area contributed by atoms with Gasteiger partial charge in [0.1, 0.15) is 5.75 Å². The first-order chi connectivity index (χ1) is 10.0. The van der Waals surface area contributed by atoms with Gasteiger partial charge in [-0.1, -0.05) is 12.1 Å². The summed E-state index contributed by atoms with van der Waals surface area (Å²) in [5, 5.41) is 3.05. The summed E-state index contributed by atoms with van der Waals surface area (Å²) in [6.45, 7) is 6.54. The number of rotatable bonds is 5. The lowest BCUT2D eigenvalue weighted by molar-refractivity contribution is -0.126. The Balaban J connectivity index is 1.86. The normalized spacial score (nSPS) is 19.5. The summed E-state index contributed by atoms with van der Waals surface area (Å²) >= 11 is 0. The van der Waals surface area contributed by atoms with Crippen LogP contribution in [0, 0.1) is 5.92 Å². The molecule has 1 aromatic carbocycles. The highest BCUT2D eigenvalue weighted by Gasteiger charge is 2.23. The van der Waals surface area contributed by atoms with Crippen LogP contribution in [0.25, 0.3) is 0 Å². The van der Waals surface area contributed by atoms with Crippen LogP contribution >= 0.6 is 0 Å². The molecule has 0 aliphatic carbocycles. The topological polar surface area (TPSA) is 41.6 Å². The Morgan fingerprint density at radius 3 is 3.00 bits per heavy atom. The minimum absolute atomic E-state index is 0.124. The summed E-state index contributed by atoms with van der Waals surface area (Å²) in [4.78, 5) is 14.4. The van der Waals surface area contributed by atoms with Gasteiger partial charge in [0.25, 0.3) is 0 Å². The van der Waals surface area contributed by atoms with E-state index < -0.39 is 0 Å². The van der Waals surface area contributed by atoms with Crippen molar-refractivity contribution in [3.05, 3.63) is 29.8 Å². The van der Waals surface area contributed by atoms with Crippen molar-refractivity contribution in [3.8, 4) is 5.75 Å². The minimum Gasteiger partial charge on any atom is -0.491 e. The number of likely N-dealkylation sites (tertiary alicyclic amines) is 1. The average Bonchev–Trinajstić information content (AvgIpc) is 2.44. The largest absolute Gasteiger partial charge is 0.491 e. The number of ether oxygens (including phenoxy) is 1. The number of piperidine rings is 1. The van der Waals surface area contributed by atoms with Crippen molar-refractivity contribution in [1.29, 1.82) is 0 Å². The molecule has 0 radical (unpaired) electrons. The van der Waals surface area contributed by atoms with E-state index in [0.717, 1.165) is 37.2 Å². The van der Waals surface area contributed by atoms with E-state index in [1.165, 1.54) is 0 Å². The van der Waals surface area contributed by atoms with Crippen LogP contribution in [-0.4, -0.2) is 37.0 Å². The molecule has 116 valence electrons. The van der Waals surface area contributed by atoms with E-state index in [1.807, 2.05) is 38.1 Å². The molecule has 0 saturated carbocycles. The summed E-state index contributed by atoms with van der Waals surface area (Å²) in [6.07, 6.45) is 2.26. The molecule has 2 rings (SSSR count). The van der Waals surface area contributed by atoms with Gasteiger partial charge in [0.2, 0.25) is 5.91 Å². The molecule has 4 heteroatoms. The zero-order chi connectivity index (χ0) is 15.2. The fraction of sp³-hybridized carbons (Fsp3) is 0.588. The molecule has 21 heavy (non-hydrogen) atoms. The summed E-state index contributed by atoms with van der Waals surface area (Å²) in [7, 11) is 2.08. The molecule has 4 nitrogen and oxygen atoms in total. The van der Waals surface area contributed by atoms with Crippen molar-refractivity contribution in [2.75, 3.05) is 20.1 Å². The van der Waals surface area contributed by atoms with E-state index in [1.54, 1.807) is 0 Å². The molecule has 1 saturated heterocycles. The van der Waals surface area contributed by atoms with Crippen molar-refractivity contribution < 1.29 is 9.53 Å². The molecule has 0 bridgehead atoms. The summed E-state index contributed by atoms with van der Waals surface area (Å²) < 4.78 is 5.67. The van der Waals surface area contributed by atoms with E-state index in [-0.39, 0.29) is 17.9 Å². The zero-order valence-corrected chi connectivity index (χ0v) is 13.3. The Bertz CT molecular complexity index is 474. The summed E-state index contributed by atoms with van der Waals surface area (Å²) in [5.74, 6) is 1.14. The first-order valence-electron chi connectivity index (χ1n) is 7.76. The molecule has 0 aromatic heterocycles. The lowest BCUT2D eigenvalue weighted by Crippen LogP contribution is -2.41. The van der Waals surface area contributed by atoms with Crippen LogP contribution in [0.15, 0.2) is 24.3 Å². The molecule has 1 N–H and O–H groups in total. The van der Waals surface area contributed by atoms with Gasteiger partial charge in [0.15, 0.2) is 0 Å². The molecule has 1 aliphatic heterocycles. The molecule has 0 unspecified atom stereocenters. The van der Waals surface area contributed by atoms with Crippen LogP contribution in [0.1, 0.15) is 32.3 Å². The number of hydrogen-bond donors (Lipinski definition) is 1. The van der Waals surface area contributed by atoms with Crippen molar-refractivity contribution in [3.63, 3.8) is 0 Å². The molecule has 0 spiro atoms. The Labute approximate surface area is 127 Å². The van der Waals surface area contributed by atoms with E-state index in [4.69, 9.17) is 4.74 Å². The number of carbonyl (C=O) groups is 1. The van der Waals surface area contributed by atoms with Crippen molar-refractivity contribution in [1.82, 2.24) is 10.2 Å². The third kappa shape index (κ3) is 5.05. The number of nitrogens with one attached hydrogen (secondary N) is 1. The maximum atomic E-state index is 12.2. The molecular weight excluding hydrogens is 264 g/mol. The quantitative estimate of drug-likeness (QED) is 0.905. The van der Waals surface area contributed by atoms with Crippen LogP contribution in [-0.2, 0) is 11.3 Å². The Morgan fingerprint density at radius 2 is 2.29 bits per heavy atom. The van der Waals surface area contributed by atoms with Crippen molar-refractivity contribution >= 4 is 5.91 Å². The van der Waals surface area contributed by atoms with Gasteiger partial charge >= 0.3 is 0 Å². The molecule has 1 aromatic rings. The number of hydrogen-bond acceptors (Lipinski definition) is 3. The number of nitrogens with zero attached hydrogens (tertiary/aromatic N) is 1. The predicted molar refractivity (Wildman–Crippen MR) is 84.3 cm³/mol. The molecule has 1 fully saturated rings. The maximum absolute atomic E-state index is 12.2. The van der Waals surface area contributed by atoms with Crippen LogP contribution in [0.5, 0.6) is 5.75 Å². The number of carbonyl (C=O) groups excluding carboxylic acids is 1. The first-order valence-corrected chi connectivity index (χ1v) is 7.76. The van der Waals surface area contributed by atoms with Crippen LogP contribution in [0.3, 0.4) is 0 Å². The molecule has 1 aliphatic rings. The highest BCUT2D eigenvalue weighted by atomic mass is 16.5. The lowest BCUT2D eigenvalue weighted by atomic mass is 9.97. The minimum atomic E-state index is 0.124. The number of amides is 1. The highest BCUT2D eigenvalue weighted by Crippen LogP contribution is 2.17. The van der Waals surface area contributed by atoms with E-state index >= 15 is 0 Å². The van der Waals surface area contributed by atoms with Gasteiger partial charge in [-0.3, -0.25) is 4.79 Å². The smallest absolute Gasteiger partial charge is 0.224 e. The van der Waals surface area contributed by atoms with Crippen molar-refractivity contribution in [2.45, 2.75) is 39.3 Å². The maximum Gasteiger partial charge on any atom is 0.224 e. The fourth-order valence-corrected chi connectivity index (χ4v) is 2.71. The predicted octanol–water partition coefficient (Wildman–Crippen LogP) is 2.43. The third-order valence-corrected chi connectivity index (χ3v) is 3.73. The summed E-state index contributed by atoms with van der Waals surface area (Å²) in [5.41, 5.74) is 1.07.